The van der Waals surface area contributed by atoms with Crippen LogP contribution in [0.2, 0.25) is 0 Å². The summed E-state index contributed by atoms with van der Waals surface area (Å²) in [5.74, 6) is 0.622. The first-order valence-electron chi connectivity index (χ1n) is 6.00. The summed E-state index contributed by atoms with van der Waals surface area (Å²) in [6.07, 6.45) is 1.05. The number of aromatic hydroxyl groups is 1. The summed E-state index contributed by atoms with van der Waals surface area (Å²) in [5.41, 5.74) is 1.32. The number of hydrogen-bond donors (Lipinski definition) is 1. The summed E-state index contributed by atoms with van der Waals surface area (Å²) in [6, 6.07) is 5.05. The minimum atomic E-state index is -0.0411. The molecule has 0 spiro atoms. The Morgan fingerprint density at radius 2 is 2.12 bits per heavy atom. The smallest absolute Gasteiger partial charge is 0.253 e. The molecule has 0 aromatic heterocycles. The molecule has 1 amide bonds. The van der Waals surface area contributed by atoms with Gasteiger partial charge < -0.3 is 10.0 Å². The van der Waals surface area contributed by atoms with Crippen molar-refractivity contribution in [2.24, 2.45) is 5.92 Å². The fourth-order valence-electron chi connectivity index (χ4n) is 1.64. The predicted octanol–water partition coefficient (Wildman–Crippen LogP) is 2.82. The largest absolute Gasteiger partial charge is 0.508 e. The van der Waals surface area contributed by atoms with Gasteiger partial charge >= 0.3 is 0 Å². The van der Waals surface area contributed by atoms with Crippen molar-refractivity contribution in [2.75, 3.05) is 13.6 Å². The number of carbonyl (C=O) groups excluding carboxylic acids is 1. The van der Waals surface area contributed by atoms with Gasteiger partial charge in [0.25, 0.3) is 5.91 Å². The predicted molar refractivity (Wildman–Crippen MR) is 69.3 cm³/mol. The highest BCUT2D eigenvalue weighted by Gasteiger charge is 2.14. The Morgan fingerprint density at radius 3 is 2.65 bits per heavy atom. The molecule has 0 radical (unpaired) electrons. The SMILES string of the molecule is CCC(C)CN(C)C(=O)c1ccc(C)c(O)c1. The fraction of sp³-hybridized carbons (Fsp3) is 0.500. The number of carbonyl (C=O) groups is 1. The second-order valence-electron chi connectivity index (χ2n) is 4.70. The second kappa shape index (κ2) is 5.71. The summed E-state index contributed by atoms with van der Waals surface area (Å²) in [5, 5.41) is 9.59. The van der Waals surface area contributed by atoms with E-state index in [1.807, 2.05) is 6.92 Å². The van der Waals surface area contributed by atoms with Crippen molar-refractivity contribution < 1.29 is 9.90 Å². The van der Waals surface area contributed by atoms with Crippen LogP contribution in [0.3, 0.4) is 0 Å². The lowest BCUT2D eigenvalue weighted by molar-refractivity contribution is 0.0774. The Kier molecular flexibility index (Phi) is 4.55. The van der Waals surface area contributed by atoms with Gasteiger partial charge in [-0.2, -0.15) is 0 Å². The third kappa shape index (κ3) is 3.48. The summed E-state index contributed by atoms with van der Waals surface area (Å²) < 4.78 is 0. The molecule has 0 heterocycles. The van der Waals surface area contributed by atoms with E-state index in [4.69, 9.17) is 0 Å². The van der Waals surface area contributed by atoms with Crippen LogP contribution in [-0.4, -0.2) is 29.5 Å². The lowest BCUT2D eigenvalue weighted by Crippen LogP contribution is -2.30. The first-order chi connectivity index (χ1) is 7.95. The van der Waals surface area contributed by atoms with Crippen molar-refractivity contribution in [3.05, 3.63) is 29.3 Å². The monoisotopic (exact) mass is 235 g/mol. The molecule has 0 bridgehead atoms. The van der Waals surface area contributed by atoms with E-state index in [-0.39, 0.29) is 11.7 Å². The number of nitrogens with zero attached hydrogens (tertiary/aromatic N) is 1. The van der Waals surface area contributed by atoms with Crippen molar-refractivity contribution in [1.82, 2.24) is 4.90 Å². The van der Waals surface area contributed by atoms with Crippen LogP contribution in [0.15, 0.2) is 18.2 Å². The van der Waals surface area contributed by atoms with E-state index in [2.05, 4.69) is 13.8 Å². The molecule has 1 N–H and O–H groups in total. The number of aryl methyl sites for hydroxylation is 1. The molecule has 0 aliphatic carbocycles. The van der Waals surface area contributed by atoms with Crippen molar-refractivity contribution in [3.63, 3.8) is 0 Å². The third-order valence-electron chi connectivity index (χ3n) is 3.09. The molecule has 0 aliphatic heterocycles. The maximum atomic E-state index is 12.1. The molecule has 1 aromatic rings. The lowest BCUT2D eigenvalue weighted by Gasteiger charge is -2.21. The van der Waals surface area contributed by atoms with Crippen molar-refractivity contribution >= 4 is 5.91 Å². The van der Waals surface area contributed by atoms with E-state index in [0.717, 1.165) is 18.5 Å². The zero-order valence-electron chi connectivity index (χ0n) is 11.0. The zero-order valence-corrected chi connectivity index (χ0v) is 11.0. The average Bonchev–Trinajstić information content (AvgIpc) is 2.31. The number of hydrogen-bond acceptors (Lipinski definition) is 2. The minimum Gasteiger partial charge on any atom is -0.508 e. The number of phenolic OH excluding ortho intramolecular Hbond substituents is 1. The molecule has 1 atom stereocenters. The molecule has 3 nitrogen and oxygen atoms in total. The molecule has 0 fully saturated rings. The Balaban J connectivity index is 2.78. The van der Waals surface area contributed by atoms with E-state index in [9.17, 15) is 9.90 Å². The zero-order chi connectivity index (χ0) is 13.0. The van der Waals surface area contributed by atoms with E-state index < -0.39 is 0 Å². The molecule has 94 valence electrons. The van der Waals surface area contributed by atoms with Gasteiger partial charge in [0, 0.05) is 19.2 Å². The van der Waals surface area contributed by atoms with Crippen LogP contribution < -0.4 is 0 Å². The van der Waals surface area contributed by atoms with Crippen molar-refractivity contribution in [2.45, 2.75) is 27.2 Å². The topological polar surface area (TPSA) is 40.5 Å². The highest BCUT2D eigenvalue weighted by atomic mass is 16.3. The number of amides is 1. The van der Waals surface area contributed by atoms with E-state index >= 15 is 0 Å². The van der Waals surface area contributed by atoms with Crippen molar-refractivity contribution in [1.29, 1.82) is 0 Å². The summed E-state index contributed by atoms with van der Waals surface area (Å²) in [7, 11) is 1.80. The molecule has 17 heavy (non-hydrogen) atoms. The van der Waals surface area contributed by atoms with Gasteiger partial charge in [-0.25, -0.2) is 0 Å². The molecular formula is C14H21NO2. The second-order valence-corrected chi connectivity index (χ2v) is 4.70. The van der Waals surface area contributed by atoms with Gasteiger partial charge in [0.2, 0.25) is 0 Å². The normalized spacial score (nSPS) is 12.2. The number of benzene rings is 1. The highest BCUT2D eigenvalue weighted by Crippen LogP contribution is 2.18. The lowest BCUT2D eigenvalue weighted by atomic mass is 10.1. The van der Waals surface area contributed by atoms with Crippen LogP contribution in [0.1, 0.15) is 36.2 Å². The molecule has 1 aromatic carbocycles. The van der Waals surface area contributed by atoms with E-state index in [1.165, 1.54) is 6.07 Å². The van der Waals surface area contributed by atoms with Gasteiger partial charge in [0.1, 0.15) is 5.75 Å². The summed E-state index contributed by atoms with van der Waals surface area (Å²) >= 11 is 0. The highest BCUT2D eigenvalue weighted by molar-refractivity contribution is 5.94. The summed E-state index contributed by atoms with van der Waals surface area (Å²) in [4.78, 5) is 13.8. The summed E-state index contributed by atoms with van der Waals surface area (Å²) in [6.45, 7) is 6.79. The third-order valence-corrected chi connectivity index (χ3v) is 3.09. The fourth-order valence-corrected chi connectivity index (χ4v) is 1.64. The Bertz CT molecular complexity index is 401. The Hall–Kier alpha value is -1.51. The van der Waals surface area contributed by atoms with Crippen molar-refractivity contribution in [3.8, 4) is 5.75 Å². The Labute approximate surface area is 103 Å². The van der Waals surface area contributed by atoms with Crippen LogP contribution in [0.5, 0.6) is 5.75 Å². The van der Waals surface area contributed by atoms with Gasteiger partial charge in [-0.05, 0) is 30.5 Å². The first kappa shape index (κ1) is 13.6. The Morgan fingerprint density at radius 1 is 1.47 bits per heavy atom. The van der Waals surface area contributed by atoms with Crippen LogP contribution in [0, 0.1) is 12.8 Å². The molecule has 1 rings (SSSR count). The van der Waals surface area contributed by atoms with E-state index in [1.54, 1.807) is 24.1 Å². The van der Waals surface area contributed by atoms with Crippen LogP contribution >= 0.6 is 0 Å². The number of phenols is 1. The number of rotatable bonds is 4. The first-order valence-corrected chi connectivity index (χ1v) is 6.00. The van der Waals surface area contributed by atoms with Gasteiger partial charge in [-0.15, -0.1) is 0 Å². The maximum Gasteiger partial charge on any atom is 0.253 e. The molecular weight excluding hydrogens is 214 g/mol. The quantitative estimate of drug-likeness (QED) is 0.871. The molecule has 0 saturated carbocycles. The van der Waals surface area contributed by atoms with Gasteiger partial charge in [-0.3, -0.25) is 4.79 Å². The molecule has 3 heteroatoms. The standard InChI is InChI=1S/C14H21NO2/c1-5-10(2)9-15(4)14(17)12-7-6-11(3)13(16)8-12/h6-8,10,16H,5,9H2,1-4H3. The van der Waals surface area contributed by atoms with Crippen LogP contribution in [0.25, 0.3) is 0 Å². The molecule has 0 saturated heterocycles. The van der Waals surface area contributed by atoms with Gasteiger partial charge in [0.05, 0.1) is 0 Å². The minimum absolute atomic E-state index is 0.0411. The average molecular weight is 235 g/mol. The molecule has 1 unspecified atom stereocenters. The maximum absolute atomic E-state index is 12.1. The van der Waals surface area contributed by atoms with E-state index in [0.29, 0.717) is 11.5 Å². The molecule has 0 aliphatic rings. The van der Waals surface area contributed by atoms with Crippen LogP contribution in [0.4, 0.5) is 0 Å². The van der Waals surface area contributed by atoms with Crippen LogP contribution in [-0.2, 0) is 0 Å². The van der Waals surface area contributed by atoms with Gasteiger partial charge in [0.15, 0.2) is 0 Å². The van der Waals surface area contributed by atoms with Gasteiger partial charge in [-0.1, -0.05) is 26.3 Å².